The Labute approximate surface area is 115 Å². The van der Waals surface area contributed by atoms with Crippen LogP contribution in [0.1, 0.15) is 32.1 Å². The minimum atomic E-state index is 0.119. The molecule has 0 heterocycles. The van der Waals surface area contributed by atoms with Gasteiger partial charge in [-0.2, -0.15) is 0 Å². The second kappa shape index (κ2) is 9.49. The Kier molecular flexibility index (Phi) is 8.78. The van der Waals surface area contributed by atoms with E-state index >= 15 is 0 Å². The summed E-state index contributed by atoms with van der Waals surface area (Å²) in [7, 11) is 8.52. The molecular formula is C13H26N4O2. The quantitative estimate of drug-likeness (QED) is 0.413. The number of aliphatic imine (C=N–C) groups is 1. The van der Waals surface area contributed by atoms with E-state index in [0.717, 1.165) is 18.6 Å². The Hall–Kier alpha value is -1.43. The fraction of sp³-hybridized carbons (Fsp3) is 0.769. The molecule has 0 fully saturated rings. The molecule has 6 nitrogen and oxygen atoms in total. The summed E-state index contributed by atoms with van der Waals surface area (Å²) in [5, 5.41) is 9.17. The Bertz CT molecular complexity index is 327. The Balaban J connectivity index is 3.96. The molecule has 0 rings (SSSR count). The predicted octanol–water partition coefficient (Wildman–Crippen LogP) is 1.57. The number of hydrogen-bond acceptors (Lipinski definition) is 4. The highest BCUT2D eigenvalue weighted by atomic mass is 16.7. The van der Waals surface area contributed by atoms with E-state index in [1.807, 2.05) is 0 Å². The minimum Gasteiger partial charge on any atom is -0.349 e. The smallest absolute Gasteiger partial charge is 0.222 e. The van der Waals surface area contributed by atoms with E-state index in [0.29, 0.717) is 25.1 Å². The van der Waals surface area contributed by atoms with Crippen molar-refractivity contribution in [2.45, 2.75) is 32.1 Å². The summed E-state index contributed by atoms with van der Waals surface area (Å²) in [4.78, 5) is 22.2. The normalized spacial score (nSPS) is 11.3. The van der Waals surface area contributed by atoms with Crippen molar-refractivity contribution in [2.24, 2.45) is 4.99 Å². The van der Waals surface area contributed by atoms with Gasteiger partial charge in [-0.1, -0.05) is 0 Å². The number of rotatable bonds is 8. The van der Waals surface area contributed by atoms with E-state index in [4.69, 9.17) is 10.2 Å². The predicted molar refractivity (Wildman–Crippen MR) is 77.6 cm³/mol. The van der Waals surface area contributed by atoms with Gasteiger partial charge in [-0.05, 0) is 19.3 Å². The third-order valence-corrected chi connectivity index (χ3v) is 2.98. The SMILES string of the molecule is CN=C(CCCC(=N)N(C)OC)CCC(=O)N(C)C. The lowest BCUT2D eigenvalue weighted by Crippen LogP contribution is -2.24. The minimum absolute atomic E-state index is 0.119. The average molecular weight is 270 g/mol. The van der Waals surface area contributed by atoms with E-state index in [1.54, 1.807) is 40.2 Å². The van der Waals surface area contributed by atoms with Crippen molar-refractivity contribution in [3.8, 4) is 0 Å². The summed E-state index contributed by atoms with van der Waals surface area (Å²) in [6.07, 6.45) is 3.49. The van der Waals surface area contributed by atoms with Gasteiger partial charge in [0.15, 0.2) is 0 Å². The Morgan fingerprint density at radius 1 is 1.16 bits per heavy atom. The highest BCUT2D eigenvalue weighted by Gasteiger charge is 2.08. The first-order valence-corrected chi connectivity index (χ1v) is 6.42. The number of nitrogens with zero attached hydrogens (tertiary/aromatic N) is 3. The third-order valence-electron chi connectivity index (χ3n) is 2.98. The number of carbonyl (C=O) groups excluding carboxylic acids is 1. The monoisotopic (exact) mass is 270 g/mol. The van der Waals surface area contributed by atoms with Gasteiger partial charge in [-0.25, -0.2) is 5.06 Å². The van der Waals surface area contributed by atoms with Crippen molar-refractivity contribution >= 4 is 17.5 Å². The van der Waals surface area contributed by atoms with Crippen LogP contribution in [0, 0.1) is 5.41 Å². The first-order valence-electron chi connectivity index (χ1n) is 6.42. The zero-order chi connectivity index (χ0) is 14.8. The molecule has 0 aliphatic heterocycles. The van der Waals surface area contributed by atoms with Crippen molar-refractivity contribution in [1.82, 2.24) is 9.96 Å². The molecule has 0 saturated heterocycles. The van der Waals surface area contributed by atoms with Crippen LogP contribution in [0.2, 0.25) is 0 Å². The van der Waals surface area contributed by atoms with E-state index in [-0.39, 0.29) is 5.91 Å². The molecule has 1 N–H and O–H groups in total. The molecular weight excluding hydrogens is 244 g/mol. The molecule has 0 bridgehead atoms. The number of carbonyl (C=O) groups is 1. The molecule has 0 radical (unpaired) electrons. The summed E-state index contributed by atoms with van der Waals surface area (Å²) in [6, 6.07) is 0. The number of amides is 1. The second-order valence-corrected chi connectivity index (χ2v) is 4.56. The zero-order valence-electron chi connectivity index (χ0n) is 12.7. The van der Waals surface area contributed by atoms with Gasteiger partial charge in [0.1, 0.15) is 5.84 Å². The lowest BCUT2D eigenvalue weighted by atomic mass is 10.1. The largest absolute Gasteiger partial charge is 0.349 e. The highest BCUT2D eigenvalue weighted by molar-refractivity contribution is 5.89. The maximum atomic E-state index is 11.5. The van der Waals surface area contributed by atoms with Crippen LogP contribution in [0.5, 0.6) is 0 Å². The molecule has 0 saturated carbocycles. The third kappa shape index (κ3) is 7.56. The van der Waals surface area contributed by atoms with Gasteiger partial charge in [0, 0.05) is 46.7 Å². The highest BCUT2D eigenvalue weighted by Crippen LogP contribution is 2.06. The van der Waals surface area contributed by atoms with Gasteiger partial charge in [0.2, 0.25) is 5.91 Å². The van der Waals surface area contributed by atoms with Gasteiger partial charge in [0.05, 0.1) is 7.11 Å². The van der Waals surface area contributed by atoms with Crippen LogP contribution in [0.3, 0.4) is 0 Å². The van der Waals surface area contributed by atoms with Crippen molar-refractivity contribution < 1.29 is 9.63 Å². The first-order chi connectivity index (χ1) is 8.92. The number of amidine groups is 1. The molecule has 19 heavy (non-hydrogen) atoms. The van der Waals surface area contributed by atoms with Crippen LogP contribution < -0.4 is 0 Å². The van der Waals surface area contributed by atoms with Gasteiger partial charge < -0.3 is 4.90 Å². The summed E-state index contributed by atoms with van der Waals surface area (Å²) < 4.78 is 0. The first kappa shape index (κ1) is 17.6. The number of hydrogen-bond donors (Lipinski definition) is 1. The summed E-state index contributed by atoms with van der Waals surface area (Å²) in [6.45, 7) is 0. The summed E-state index contributed by atoms with van der Waals surface area (Å²) >= 11 is 0. The van der Waals surface area contributed by atoms with Crippen LogP contribution in [0.4, 0.5) is 0 Å². The fourth-order valence-corrected chi connectivity index (χ4v) is 1.55. The van der Waals surface area contributed by atoms with Gasteiger partial charge >= 0.3 is 0 Å². The fourth-order valence-electron chi connectivity index (χ4n) is 1.55. The van der Waals surface area contributed by atoms with Crippen molar-refractivity contribution in [2.75, 3.05) is 35.3 Å². The van der Waals surface area contributed by atoms with E-state index in [9.17, 15) is 4.79 Å². The molecule has 0 aliphatic carbocycles. The van der Waals surface area contributed by atoms with Crippen LogP contribution in [-0.4, -0.2) is 62.7 Å². The molecule has 110 valence electrons. The molecule has 0 aromatic carbocycles. The van der Waals surface area contributed by atoms with Crippen molar-refractivity contribution in [3.63, 3.8) is 0 Å². The number of nitrogens with one attached hydrogen (secondary N) is 1. The van der Waals surface area contributed by atoms with Gasteiger partial charge in [-0.3, -0.25) is 20.0 Å². The van der Waals surface area contributed by atoms with Crippen LogP contribution in [0.15, 0.2) is 4.99 Å². The van der Waals surface area contributed by atoms with Gasteiger partial charge in [0.25, 0.3) is 0 Å². The van der Waals surface area contributed by atoms with E-state index in [1.165, 1.54) is 5.06 Å². The molecule has 0 unspecified atom stereocenters. The molecule has 0 atom stereocenters. The lowest BCUT2D eigenvalue weighted by molar-refractivity contribution is -0.128. The summed E-state index contributed by atoms with van der Waals surface area (Å²) in [5.41, 5.74) is 1.03. The maximum Gasteiger partial charge on any atom is 0.222 e. The zero-order valence-corrected chi connectivity index (χ0v) is 12.7. The van der Waals surface area contributed by atoms with E-state index < -0.39 is 0 Å². The van der Waals surface area contributed by atoms with Crippen LogP contribution in [-0.2, 0) is 9.63 Å². The molecule has 6 heteroatoms. The van der Waals surface area contributed by atoms with Gasteiger partial charge in [-0.15, -0.1) is 0 Å². The Morgan fingerprint density at radius 3 is 2.26 bits per heavy atom. The molecule has 0 spiro atoms. The molecule has 0 aromatic rings. The van der Waals surface area contributed by atoms with Crippen molar-refractivity contribution in [3.05, 3.63) is 0 Å². The van der Waals surface area contributed by atoms with Crippen LogP contribution in [0.25, 0.3) is 0 Å². The standard InChI is InChI=1S/C13H26N4O2/c1-15-11(9-10-13(18)16(2)3)7-6-8-12(14)17(4)19-5/h14H,6-10H2,1-5H3. The topological polar surface area (TPSA) is 69.0 Å². The van der Waals surface area contributed by atoms with E-state index in [2.05, 4.69) is 4.99 Å². The maximum absolute atomic E-state index is 11.5. The summed E-state index contributed by atoms with van der Waals surface area (Å²) in [5.74, 6) is 0.565. The lowest BCUT2D eigenvalue weighted by Gasteiger charge is -2.16. The molecule has 0 aromatic heterocycles. The molecule has 0 aliphatic rings. The Morgan fingerprint density at radius 2 is 1.79 bits per heavy atom. The molecule has 1 amide bonds. The number of hydroxylamine groups is 2. The average Bonchev–Trinajstić information content (AvgIpc) is 2.40. The second-order valence-electron chi connectivity index (χ2n) is 4.56. The van der Waals surface area contributed by atoms with Crippen molar-refractivity contribution in [1.29, 1.82) is 5.41 Å². The van der Waals surface area contributed by atoms with Crippen LogP contribution >= 0.6 is 0 Å².